The number of carbonyl (C=O) groups excluding carboxylic acids is 1. The number of methoxy groups -OCH3 is 1. The molecule has 0 saturated carbocycles. The Morgan fingerprint density at radius 1 is 1.09 bits per heavy atom. The number of benzene rings is 1. The second-order valence-corrected chi connectivity index (χ2v) is 9.23. The lowest BCUT2D eigenvalue weighted by Crippen LogP contribution is -2.43. The van der Waals surface area contributed by atoms with E-state index in [1.165, 1.54) is 18.4 Å². The van der Waals surface area contributed by atoms with Crippen LogP contribution in [0.4, 0.5) is 4.79 Å². The van der Waals surface area contributed by atoms with Gasteiger partial charge in [-0.2, -0.15) is 0 Å². The van der Waals surface area contributed by atoms with Crippen molar-refractivity contribution in [1.82, 2.24) is 20.9 Å². The molecule has 0 atom stereocenters. The molecule has 1 amide bonds. The van der Waals surface area contributed by atoms with Crippen molar-refractivity contribution in [2.45, 2.75) is 52.2 Å². The summed E-state index contributed by atoms with van der Waals surface area (Å²) in [5, 5.41) is 9.52. The first-order valence-electron chi connectivity index (χ1n) is 11.6. The molecule has 1 aliphatic rings. The average Bonchev–Trinajstić information content (AvgIpc) is 2.76. The first-order valence-corrected chi connectivity index (χ1v) is 11.6. The van der Waals surface area contributed by atoms with E-state index in [1.807, 2.05) is 32.9 Å². The van der Waals surface area contributed by atoms with Gasteiger partial charge in [0.25, 0.3) is 0 Å². The van der Waals surface area contributed by atoms with E-state index >= 15 is 0 Å². The van der Waals surface area contributed by atoms with Gasteiger partial charge in [-0.3, -0.25) is 9.89 Å². The van der Waals surface area contributed by atoms with Gasteiger partial charge < -0.3 is 25.4 Å². The molecule has 3 N–H and O–H groups in total. The molecule has 0 aliphatic carbocycles. The molecule has 0 radical (unpaired) electrons. The number of alkyl carbamates (subject to hydrolysis) is 1. The molecular formula is C24H42IN5O3. The maximum absolute atomic E-state index is 11.6. The number of carbonyl (C=O) groups is 1. The van der Waals surface area contributed by atoms with E-state index in [-0.39, 0.29) is 30.1 Å². The van der Waals surface area contributed by atoms with Crippen molar-refractivity contribution < 1.29 is 14.3 Å². The van der Waals surface area contributed by atoms with Crippen LogP contribution >= 0.6 is 24.0 Å². The van der Waals surface area contributed by atoms with Crippen LogP contribution < -0.4 is 20.7 Å². The van der Waals surface area contributed by atoms with Gasteiger partial charge in [0.05, 0.1) is 7.11 Å². The number of hydrogen-bond donors (Lipinski definition) is 3. The van der Waals surface area contributed by atoms with Crippen molar-refractivity contribution in [2.24, 2.45) is 10.9 Å². The number of piperidine rings is 1. The number of ether oxygens (including phenoxy) is 2. The summed E-state index contributed by atoms with van der Waals surface area (Å²) in [6, 6.07) is 8.34. The predicted octanol–water partition coefficient (Wildman–Crippen LogP) is 3.61. The molecule has 1 fully saturated rings. The van der Waals surface area contributed by atoms with Gasteiger partial charge in [0.2, 0.25) is 0 Å². The SMILES string of the molecule is CN=C(NCCCNC(=O)OC(C)(C)C)NCC1CCN(Cc2ccc(OC)cc2)CC1.I. The molecule has 8 nitrogen and oxygen atoms in total. The summed E-state index contributed by atoms with van der Waals surface area (Å²) in [4.78, 5) is 18.5. The van der Waals surface area contributed by atoms with Gasteiger partial charge in [-0.05, 0) is 76.7 Å². The third-order valence-electron chi connectivity index (χ3n) is 5.37. The number of rotatable bonds is 9. The van der Waals surface area contributed by atoms with Crippen LogP contribution in [0.5, 0.6) is 5.75 Å². The molecule has 0 aromatic heterocycles. The molecule has 1 aliphatic heterocycles. The third-order valence-corrected chi connectivity index (χ3v) is 5.37. The lowest BCUT2D eigenvalue weighted by atomic mass is 9.96. The Balaban J connectivity index is 0.00000544. The number of nitrogens with one attached hydrogen (secondary N) is 3. The first kappa shape index (κ1) is 29.3. The molecule has 33 heavy (non-hydrogen) atoms. The number of halogens is 1. The quantitative estimate of drug-likeness (QED) is 0.181. The Morgan fingerprint density at radius 2 is 1.73 bits per heavy atom. The highest BCUT2D eigenvalue weighted by atomic mass is 127. The first-order chi connectivity index (χ1) is 15.3. The fraction of sp³-hybridized carbons (Fsp3) is 0.667. The molecule has 1 aromatic carbocycles. The Kier molecular flexibility index (Phi) is 13.5. The summed E-state index contributed by atoms with van der Waals surface area (Å²) in [5.41, 5.74) is 0.855. The second kappa shape index (κ2) is 15.2. The van der Waals surface area contributed by atoms with Crippen molar-refractivity contribution in [2.75, 3.05) is 46.9 Å². The monoisotopic (exact) mass is 575 g/mol. The number of hydrogen-bond acceptors (Lipinski definition) is 5. The third kappa shape index (κ3) is 12.3. The highest BCUT2D eigenvalue weighted by molar-refractivity contribution is 14.0. The minimum absolute atomic E-state index is 0. The molecule has 0 spiro atoms. The van der Waals surface area contributed by atoms with Gasteiger partial charge in [-0.15, -0.1) is 24.0 Å². The van der Waals surface area contributed by atoms with Crippen molar-refractivity contribution in [3.63, 3.8) is 0 Å². The smallest absolute Gasteiger partial charge is 0.407 e. The Labute approximate surface area is 216 Å². The van der Waals surface area contributed by atoms with Gasteiger partial charge in [-0.25, -0.2) is 4.79 Å². The predicted molar refractivity (Wildman–Crippen MR) is 145 cm³/mol. The van der Waals surface area contributed by atoms with Gasteiger partial charge in [-0.1, -0.05) is 12.1 Å². The van der Waals surface area contributed by atoms with E-state index < -0.39 is 5.60 Å². The van der Waals surface area contributed by atoms with Crippen molar-refractivity contribution in [1.29, 1.82) is 0 Å². The zero-order valence-corrected chi connectivity index (χ0v) is 23.1. The molecule has 9 heteroatoms. The number of likely N-dealkylation sites (tertiary alicyclic amines) is 1. The van der Waals surface area contributed by atoms with E-state index in [4.69, 9.17) is 9.47 Å². The minimum atomic E-state index is -0.472. The Hall–Kier alpha value is -1.75. The lowest BCUT2D eigenvalue weighted by molar-refractivity contribution is 0.0527. The summed E-state index contributed by atoms with van der Waals surface area (Å²) in [6.07, 6.45) is 2.78. The second-order valence-electron chi connectivity index (χ2n) is 9.23. The highest BCUT2D eigenvalue weighted by Gasteiger charge is 2.19. The van der Waals surface area contributed by atoms with Gasteiger partial charge in [0.1, 0.15) is 11.4 Å². The molecule has 1 saturated heterocycles. The van der Waals surface area contributed by atoms with E-state index in [0.29, 0.717) is 12.5 Å². The molecule has 1 heterocycles. The summed E-state index contributed by atoms with van der Waals surface area (Å²) < 4.78 is 10.5. The number of guanidine groups is 1. The van der Waals surface area contributed by atoms with Crippen LogP contribution in [0.15, 0.2) is 29.3 Å². The van der Waals surface area contributed by atoms with Crippen LogP contribution in [-0.2, 0) is 11.3 Å². The fourth-order valence-electron chi connectivity index (χ4n) is 3.60. The van der Waals surface area contributed by atoms with E-state index in [0.717, 1.165) is 50.9 Å². The average molecular weight is 576 g/mol. The maximum Gasteiger partial charge on any atom is 0.407 e. The molecular weight excluding hydrogens is 533 g/mol. The van der Waals surface area contributed by atoms with Crippen LogP contribution in [0.3, 0.4) is 0 Å². The summed E-state index contributed by atoms with van der Waals surface area (Å²) in [6.45, 7) is 11.0. The van der Waals surface area contributed by atoms with Crippen LogP contribution in [-0.4, -0.2) is 69.4 Å². The minimum Gasteiger partial charge on any atom is -0.497 e. The van der Waals surface area contributed by atoms with Gasteiger partial charge in [0.15, 0.2) is 5.96 Å². The van der Waals surface area contributed by atoms with Crippen molar-refractivity contribution >= 4 is 36.0 Å². The number of aliphatic imine (C=N–C) groups is 1. The highest BCUT2D eigenvalue weighted by Crippen LogP contribution is 2.19. The van der Waals surface area contributed by atoms with E-state index in [9.17, 15) is 4.79 Å². The topological polar surface area (TPSA) is 87.2 Å². The van der Waals surface area contributed by atoms with Crippen LogP contribution in [0, 0.1) is 5.92 Å². The normalized spacial score (nSPS) is 15.4. The number of nitrogens with zero attached hydrogens (tertiary/aromatic N) is 2. The zero-order chi connectivity index (χ0) is 23.4. The molecule has 2 rings (SSSR count). The summed E-state index contributed by atoms with van der Waals surface area (Å²) >= 11 is 0. The summed E-state index contributed by atoms with van der Waals surface area (Å²) in [7, 11) is 3.48. The van der Waals surface area contributed by atoms with Crippen molar-refractivity contribution in [3.05, 3.63) is 29.8 Å². The van der Waals surface area contributed by atoms with Crippen LogP contribution in [0.25, 0.3) is 0 Å². The molecule has 0 bridgehead atoms. The largest absolute Gasteiger partial charge is 0.497 e. The molecule has 0 unspecified atom stereocenters. The Bertz CT molecular complexity index is 714. The molecule has 1 aromatic rings. The van der Waals surface area contributed by atoms with Gasteiger partial charge >= 0.3 is 6.09 Å². The van der Waals surface area contributed by atoms with E-state index in [1.54, 1.807) is 14.2 Å². The fourth-order valence-corrected chi connectivity index (χ4v) is 3.60. The summed E-state index contributed by atoms with van der Waals surface area (Å²) in [5.74, 6) is 2.36. The Morgan fingerprint density at radius 3 is 2.30 bits per heavy atom. The van der Waals surface area contributed by atoms with E-state index in [2.05, 4.69) is 38.0 Å². The zero-order valence-electron chi connectivity index (χ0n) is 20.8. The van der Waals surface area contributed by atoms with Crippen LogP contribution in [0.1, 0.15) is 45.6 Å². The maximum atomic E-state index is 11.6. The number of amides is 1. The van der Waals surface area contributed by atoms with Crippen molar-refractivity contribution in [3.8, 4) is 5.75 Å². The van der Waals surface area contributed by atoms with Gasteiger partial charge in [0, 0.05) is 33.2 Å². The lowest BCUT2D eigenvalue weighted by Gasteiger charge is -2.32. The van der Waals surface area contributed by atoms with Crippen LogP contribution in [0.2, 0.25) is 0 Å². The molecule has 188 valence electrons. The standard InChI is InChI=1S/C24H41N5O3.HI/c1-24(2,3)32-23(30)27-14-6-13-26-22(25-4)28-17-19-11-15-29(16-12-19)18-20-7-9-21(31-5)10-8-20;/h7-10,19H,6,11-18H2,1-5H3,(H,27,30)(H2,25,26,28);1H.